The first-order valence-corrected chi connectivity index (χ1v) is 9.10. The molecule has 3 rings (SSSR count). The number of hydrogen-bond donors (Lipinski definition) is 1. The van der Waals surface area contributed by atoms with E-state index in [4.69, 9.17) is 9.47 Å². The van der Waals surface area contributed by atoms with E-state index in [-0.39, 0.29) is 5.43 Å². The highest BCUT2D eigenvalue weighted by molar-refractivity contribution is 5.86. The SMILES string of the molecule is COc1cc(OC)c2[nH]c(C)c(CN(C)C3CCN(C)CC3)c(=O)c2c1. The summed E-state index contributed by atoms with van der Waals surface area (Å²) < 4.78 is 10.8. The predicted octanol–water partition coefficient (Wildman–Crippen LogP) is 2.38. The van der Waals surface area contributed by atoms with Crippen LogP contribution >= 0.6 is 0 Å². The van der Waals surface area contributed by atoms with Gasteiger partial charge in [0.1, 0.15) is 11.5 Å². The van der Waals surface area contributed by atoms with E-state index < -0.39 is 0 Å². The normalized spacial score (nSPS) is 16.4. The van der Waals surface area contributed by atoms with Gasteiger partial charge in [0.25, 0.3) is 0 Å². The molecule has 2 aromatic rings. The number of benzene rings is 1. The van der Waals surface area contributed by atoms with Gasteiger partial charge in [-0.2, -0.15) is 0 Å². The van der Waals surface area contributed by atoms with Crippen LogP contribution in [-0.4, -0.2) is 62.2 Å². The Morgan fingerprint density at radius 3 is 2.54 bits per heavy atom. The number of aryl methyl sites for hydroxylation is 1. The Labute approximate surface area is 154 Å². The van der Waals surface area contributed by atoms with Crippen LogP contribution in [0.3, 0.4) is 0 Å². The molecule has 26 heavy (non-hydrogen) atoms. The van der Waals surface area contributed by atoms with Crippen LogP contribution in [0.15, 0.2) is 16.9 Å². The molecule has 0 saturated carbocycles. The van der Waals surface area contributed by atoms with Gasteiger partial charge < -0.3 is 19.4 Å². The van der Waals surface area contributed by atoms with E-state index in [9.17, 15) is 4.79 Å². The summed E-state index contributed by atoms with van der Waals surface area (Å²) in [6.07, 6.45) is 2.28. The van der Waals surface area contributed by atoms with E-state index in [1.54, 1.807) is 26.4 Å². The summed E-state index contributed by atoms with van der Waals surface area (Å²) in [7, 11) is 7.47. The summed E-state index contributed by atoms with van der Waals surface area (Å²) in [6.45, 7) is 4.82. The van der Waals surface area contributed by atoms with Crippen molar-refractivity contribution in [1.29, 1.82) is 0 Å². The number of pyridine rings is 1. The number of likely N-dealkylation sites (tertiary alicyclic amines) is 1. The van der Waals surface area contributed by atoms with Crippen LogP contribution in [0.4, 0.5) is 0 Å². The van der Waals surface area contributed by atoms with E-state index in [2.05, 4.69) is 28.9 Å². The summed E-state index contributed by atoms with van der Waals surface area (Å²) in [5.41, 5.74) is 2.48. The monoisotopic (exact) mass is 359 g/mol. The number of aromatic amines is 1. The van der Waals surface area contributed by atoms with Crippen molar-refractivity contribution in [2.75, 3.05) is 41.4 Å². The van der Waals surface area contributed by atoms with Gasteiger partial charge in [-0.05, 0) is 53.0 Å². The molecule has 1 aliphatic heterocycles. The van der Waals surface area contributed by atoms with Crippen molar-refractivity contribution >= 4 is 10.9 Å². The highest BCUT2D eigenvalue weighted by Gasteiger charge is 2.22. The summed E-state index contributed by atoms with van der Waals surface area (Å²) in [6, 6.07) is 4.09. The smallest absolute Gasteiger partial charge is 0.194 e. The number of fused-ring (bicyclic) bond motifs is 1. The Morgan fingerprint density at radius 2 is 1.92 bits per heavy atom. The van der Waals surface area contributed by atoms with Gasteiger partial charge in [-0.25, -0.2) is 0 Å². The van der Waals surface area contributed by atoms with E-state index in [1.807, 2.05) is 6.92 Å². The Morgan fingerprint density at radius 1 is 1.23 bits per heavy atom. The zero-order valence-electron chi connectivity index (χ0n) is 16.4. The molecule has 0 spiro atoms. The van der Waals surface area contributed by atoms with Crippen molar-refractivity contribution in [2.24, 2.45) is 0 Å². The lowest BCUT2D eigenvalue weighted by atomic mass is 10.0. The second-order valence-corrected chi connectivity index (χ2v) is 7.26. The fourth-order valence-corrected chi connectivity index (χ4v) is 3.78. The molecule has 0 amide bonds. The molecule has 2 heterocycles. The van der Waals surface area contributed by atoms with Crippen LogP contribution < -0.4 is 14.9 Å². The molecule has 0 aliphatic carbocycles. The standard InChI is InChI=1S/C20H29N3O3/c1-13-17(12-23(3)14-6-8-22(2)9-7-14)20(24)16-10-15(25-4)11-18(26-5)19(16)21-13/h10-11,14H,6-9,12H2,1-5H3,(H,21,24). The minimum atomic E-state index is 0.0493. The third-order valence-corrected chi connectivity index (χ3v) is 5.53. The second-order valence-electron chi connectivity index (χ2n) is 7.26. The molecule has 0 atom stereocenters. The molecule has 1 fully saturated rings. The average Bonchev–Trinajstić information content (AvgIpc) is 2.64. The number of ether oxygens (including phenoxy) is 2. The largest absolute Gasteiger partial charge is 0.497 e. The zero-order chi connectivity index (χ0) is 18.8. The van der Waals surface area contributed by atoms with Gasteiger partial charge in [0.2, 0.25) is 0 Å². The fourth-order valence-electron chi connectivity index (χ4n) is 3.78. The number of nitrogens with one attached hydrogen (secondary N) is 1. The molecule has 0 radical (unpaired) electrons. The topological polar surface area (TPSA) is 57.8 Å². The first kappa shape index (κ1) is 18.7. The maximum Gasteiger partial charge on any atom is 0.194 e. The third kappa shape index (κ3) is 3.57. The van der Waals surface area contributed by atoms with Crippen LogP contribution in [0.1, 0.15) is 24.1 Å². The van der Waals surface area contributed by atoms with Gasteiger partial charge in [0.15, 0.2) is 5.43 Å². The quantitative estimate of drug-likeness (QED) is 0.888. The Hall–Kier alpha value is -2.05. The number of methoxy groups -OCH3 is 2. The minimum Gasteiger partial charge on any atom is -0.497 e. The Balaban J connectivity index is 1.97. The van der Waals surface area contributed by atoms with Gasteiger partial charge >= 0.3 is 0 Å². The van der Waals surface area contributed by atoms with E-state index >= 15 is 0 Å². The van der Waals surface area contributed by atoms with Crippen LogP contribution in [-0.2, 0) is 6.54 Å². The molecule has 1 saturated heterocycles. The highest BCUT2D eigenvalue weighted by Crippen LogP contribution is 2.29. The van der Waals surface area contributed by atoms with Gasteiger partial charge in [0, 0.05) is 29.9 Å². The zero-order valence-corrected chi connectivity index (χ0v) is 16.4. The van der Waals surface area contributed by atoms with Gasteiger partial charge in [-0.15, -0.1) is 0 Å². The van der Waals surface area contributed by atoms with E-state index in [1.165, 1.54) is 0 Å². The van der Waals surface area contributed by atoms with Crippen molar-refractivity contribution < 1.29 is 9.47 Å². The van der Waals surface area contributed by atoms with Crippen LogP contribution in [0.5, 0.6) is 11.5 Å². The molecule has 1 aromatic heterocycles. The molecule has 142 valence electrons. The number of hydrogen-bond acceptors (Lipinski definition) is 5. The summed E-state index contributed by atoms with van der Waals surface area (Å²) >= 11 is 0. The maximum absolute atomic E-state index is 13.2. The Bertz CT molecular complexity index is 838. The highest BCUT2D eigenvalue weighted by atomic mass is 16.5. The lowest BCUT2D eigenvalue weighted by Gasteiger charge is -2.35. The van der Waals surface area contributed by atoms with Crippen molar-refractivity contribution in [2.45, 2.75) is 32.4 Å². The predicted molar refractivity (Wildman–Crippen MR) is 104 cm³/mol. The van der Waals surface area contributed by atoms with Gasteiger partial charge in [0.05, 0.1) is 25.1 Å². The second kappa shape index (κ2) is 7.68. The van der Waals surface area contributed by atoms with Crippen LogP contribution in [0.25, 0.3) is 10.9 Å². The molecular formula is C20H29N3O3. The average molecular weight is 359 g/mol. The lowest BCUT2D eigenvalue weighted by molar-refractivity contribution is 0.139. The summed E-state index contributed by atoms with van der Waals surface area (Å²) in [5, 5.41) is 0.610. The Kier molecular flexibility index (Phi) is 5.53. The summed E-state index contributed by atoms with van der Waals surface area (Å²) in [5.74, 6) is 1.24. The van der Waals surface area contributed by atoms with Crippen LogP contribution in [0.2, 0.25) is 0 Å². The first-order chi connectivity index (χ1) is 12.4. The molecule has 1 aromatic carbocycles. The van der Waals surface area contributed by atoms with Gasteiger partial charge in [-0.3, -0.25) is 9.69 Å². The van der Waals surface area contributed by atoms with Crippen molar-refractivity contribution in [3.63, 3.8) is 0 Å². The molecule has 0 bridgehead atoms. The van der Waals surface area contributed by atoms with Crippen molar-refractivity contribution in [1.82, 2.24) is 14.8 Å². The molecule has 0 unspecified atom stereocenters. The summed E-state index contributed by atoms with van der Waals surface area (Å²) in [4.78, 5) is 21.2. The molecule has 6 nitrogen and oxygen atoms in total. The molecular weight excluding hydrogens is 330 g/mol. The number of nitrogens with zero attached hydrogens (tertiary/aromatic N) is 2. The lowest BCUT2D eigenvalue weighted by Crippen LogP contribution is -2.42. The number of H-pyrrole nitrogens is 1. The van der Waals surface area contributed by atoms with Crippen molar-refractivity contribution in [3.8, 4) is 11.5 Å². The first-order valence-electron chi connectivity index (χ1n) is 9.10. The molecule has 1 N–H and O–H groups in total. The number of rotatable bonds is 5. The van der Waals surface area contributed by atoms with Gasteiger partial charge in [-0.1, -0.05) is 0 Å². The maximum atomic E-state index is 13.2. The van der Waals surface area contributed by atoms with Crippen molar-refractivity contribution in [3.05, 3.63) is 33.6 Å². The number of aromatic nitrogens is 1. The molecule has 1 aliphatic rings. The third-order valence-electron chi connectivity index (χ3n) is 5.53. The molecule has 6 heteroatoms. The van der Waals surface area contributed by atoms with E-state index in [0.29, 0.717) is 29.5 Å². The fraction of sp³-hybridized carbons (Fsp3) is 0.550. The number of piperidine rings is 1. The van der Waals surface area contributed by atoms with E-state index in [0.717, 1.165) is 42.7 Å². The minimum absolute atomic E-state index is 0.0493. The van der Waals surface area contributed by atoms with Crippen LogP contribution in [0, 0.1) is 6.92 Å².